The fourth-order valence-electron chi connectivity index (χ4n) is 3.09. The van der Waals surface area contributed by atoms with Crippen LogP contribution >= 0.6 is 23.2 Å². The predicted molar refractivity (Wildman–Crippen MR) is 113 cm³/mol. The SMILES string of the molecule is O=C(NC1CC1)c1coc(CN(Cc2ccccc2)Cc2cccc(Cl)c2Cl)n1. The Morgan fingerprint density at radius 1 is 1.07 bits per heavy atom. The molecule has 0 unspecified atom stereocenters. The monoisotopic (exact) mass is 429 g/mol. The van der Waals surface area contributed by atoms with Crippen LogP contribution in [-0.4, -0.2) is 21.8 Å². The number of hydrogen-bond donors (Lipinski definition) is 1. The number of oxazole rings is 1. The van der Waals surface area contributed by atoms with Crippen LogP contribution in [0.1, 0.15) is 40.3 Å². The maximum atomic E-state index is 12.2. The van der Waals surface area contributed by atoms with Crippen molar-refractivity contribution >= 4 is 29.1 Å². The largest absolute Gasteiger partial charge is 0.447 e. The summed E-state index contributed by atoms with van der Waals surface area (Å²) in [5.41, 5.74) is 2.39. The number of halogens is 2. The van der Waals surface area contributed by atoms with Crippen molar-refractivity contribution in [3.05, 3.63) is 87.6 Å². The molecule has 1 amide bonds. The van der Waals surface area contributed by atoms with Gasteiger partial charge in [-0.2, -0.15) is 0 Å². The fraction of sp³-hybridized carbons (Fsp3) is 0.273. The minimum atomic E-state index is -0.185. The molecule has 4 rings (SSSR count). The van der Waals surface area contributed by atoms with Crippen molar-refractivity contribution in [1.29, 1.82) is 0 Å². The Labute approximate surface area is 179 Å². The highest BCUT2D eigenvalue weighted by atomic mass is 35.5. The molecule has 1 N–H and O–H groups in total. The van der Waals surface area contributed by atoms with Crippen molar-refractivity contribution in [2.75, 3.05) is 0 Å². The van der Waals surface area contributed by atoms with Gasteiger partial charge >= 0.3 is 0 Å². The molecule has 1 aliphatic rings. The van der Waals surface area contributed by atoms with Crippen molar-refractivity contribution < 1.29 is 9.21 Å². The summed E-state index contributed by atoms with van der Waals surface area (Å²) >= 11 is 12.6. The molecule has 1 fully saturated rings. The summed E-state index contributed by atoms with van der Waals surface area (Å²) in [7, 11) is 0. The van der Waals surface area contributed by atoms with Crippen molar-refractivity contribution in [1.82, 2.24) is 15.2 Å². The first-order chi connectivity index (χ1) is 14.1. The quantitative estimate of drug-likeness (QED) is 0.542. The lowest BCUT2D eigenvalue weighted by Gasteiger charge is -2.22. The number of amides is 1. The van der Waals surface area contributed by atoms with Gasteiger partial charge in [-0.3, -0.25) is 9.69 Å². The highest BCUT2D eigenvalue weighted by Gasteiger charge is 2.25. The van der Waals surface area contributed by atoms with E-state index in [4.69, 9.17) is 27.6 Å². The maximum absolute atomic E-state index is 12.2. The van der Waals surface area contributed by atoms with Crippen LogP contribution in [0.4, 0.5) is 0 Å². The van der Waals surface area contributed by atoms with E-state index in [1.807, 2.05) is 30.3 Å². The zero-order valence-corrected chi connectivity index (χ0v) is 17.3. The van der Waals surface area contributed by atoms with Crippen molar-refractivity contribution in [2.24, 2.45) is 0 Å². The summed E-state index contributed by atoms with van der Waals surface area (Å²) in [5, 5.41) is 4.00. The van der Waals surface area contributed by atoms with Crippen molar-refractivity contribution in [3.63, 3.8) is 0 Å². The van der Waals surface area contributed by atoms with Crippen LogP contribution in [0.2, 0.25) is 10.0 Å². The van der Waals surface area contributed by atoms with E-state index >= 15 is 0 Å². The molecular weight excluding hydrogens is 409 g/mol. The van der Waals surface area contributed by atoms with Crippen LogP contribution in [0.5, 0.6) is 0 Å². The van der Waals surface area contributed by atoms with Crippen LogP contribution in [-0.2, 0) is 19.6 Å². The molecular formula is C22H21Cl2N3O2. The van der Waals surface area contributed by atoms with Crippen LogP contribution < -0.4 is 5.32 Å². The Hall–Kier alpha value is -2.34. The maximum Gasteiger partial charge on any atom is 0.273 e. The van der Waals surface area contributed by atoms with Gasteiger partial charge in [-0.15, -0.1) is 0 Å². The fourth-order valence-corrected chi connectivity index (χ4v) is 3.47. The summed E-state index contributed by atoms with van der Waals surface area (Å²) < 4.78 is 5.57. The lowest BCUT2D eigenvalue weighted by atomic mass is 10.1. The molecule has 3 aromatic rings. The Bertz CT molecular complexity index is 987. The number of nitrogens with one attached hydrogen (secondary N) is 1. The third-order valence-electron chi connectivity index (χ3n) is 4.73. The average molecular weight is 430 g/mol. The molecule has 5 nitrogen and oxygen atoms in total. The smallest absolute Gasteiger partial charge is 0.273 e. The van der Waals surface area contributed by atoms with E-state index < -0.39 is 0 Å². The van der Waals surface area contributed by atoms with Gasteiger partial charge in [0, 0.05) is 19.1 Å². The van der Waals surface area contributed by atoms with E-state index in [1.165, 1.54) is 6.26 Å². The topological polar surface area (TPSA) is 58.4 Å². The van der Waals surface area contributed by atoms with Crippen LogP contribution in [0, 0.1) is 0 Å². The van der Waals surface area contributed by atoms with E-state index in [9.17, 15) is 4.79 Å². The first-order valence-electron chi connectivity index (χ1n) is 9.53. The van der Waals surface area contributed by atoms with Crippen LogP contribution in [0.25, 0.3) is 0 Å². The summed E-state index contributed by atoms with van der Waals surface area (Å²) in [6.45, 7) is 1.68. The molecule has 0 saturated heterocycles. The molecule has 1 aromatic heterocycles. The Morgan fingerprint density at radius 2 is 1.86 bits per heavy atom. The minimum Gasteiger partial charge on any atom is -0.447 e. The van der Waals surface area contributed by atoms with Gasteiger partial charge in [-0.25, -0.2) is 4.98 Å². The third kappa shape index (κ3) is 5.38. The van der Waals surface area contributed by atoms with E-state index in [0.29, 0.717) is 41.3 Å². The first kappa shape index (κ1) is 20.0. The Balaban J connectivity index is 1.51. The van der Waals surface area contributed by atoms with E-state index in [-0.39, 0.29) is 11.9 Å². The standard InChI is InChI=1S/C22H21Cl2N3O2/c23-18-8-4-7-16(21(18)24)12-27(11-15-5-2-1-3-6-15)13-20-26-19(14-29-20)22(28)25-17-9-10-17/h1-8,14,17H,9-13H2,(H,25,28). The first-order valence-corrected chi connectivity index (χ1v) is 10.3. The molecule has 0 radical (unpaired) electrons. The molecule has 0 bridgehead atoms. The molecule has 2 aromatic carbocycles. The van der Waals surface area contributed by atoms with Gasteiger partial charge in [0.25, 0.3) is 5.91 Å². The van der Waals surface area contributed by atoms with Crippen molar-refractivity contribution in [2.45, 2.75) is 38.5 Å². The Kier molecular flexibility index (Phi) is 6.19. The molecule has 0 aliphatic heterocycles. The van der Waals surface area contributed by atoms with Crippen LogP contribution in [0.3, 0.4) is 0 Å². The second kappa shape index (κ2) is 8.99. The molecule has 1 aliphatic carbocycles. The number of rotatable bonds is 8. The number of hydrogen-bond acceptors (Lipinski definition) is 4. The summed E-state index contributed by atoms with van der Waals surface area (Å²) in [6.07, 6.45) is 3.48. The van der Waals surface area contributed by atoms with Gasteiger partial charge in [-0.1, -0.05) is 65.7 Å². The van der Waals surface area contributed by atoms with E-state index in [2.05, 4.69) is 27.3 Å². The number of carbonyl (C=O) groups is 1. The van der Waals surface area contributed by atoms with Gasteiger partial charge in [0.15, 0.2) is 5.69 Å². The van der Waals surface area contributed by atoms with Crippen molar-refractivity contribution in [3.8, 4) is 0 Å². The zero-order chi connectivity index (χ0) is 20.2. The third-order valence-corrected chi connectivity index (χ3v) is 5.59. The molecule has 0 atom stereocenters. The van der Waals surface area contributed by atoms with Gasteiger partial charge in [0.05, 0.1) is 16.6 Å². The number of nitrogens with zero attached hydrogens (tertiary/aromatic N) is 2. The van der Waals surface area contributed by atoms with Gasteiger partial charge in [0.1, 0.15) is 6.26 Å². The number of aromatic nitrogens is 1. The van der Waals surface area contributed by atoms with Gasteiger partial charge in [-0.05, 0) is 30.0 Å². The summed E-state index contributed by atoms with van der Waals surface area (Å²) in [6, 6.07) is 16.0. The number of carbonyl (C=O) groups excluding carboxylic acids is 1. The molecule has 7 heteroatoms. The Morgan fingerprint density at radius 3 is 2.62 bits per heavy atom. The molecule has 1 saturated carbocycles. The predicted octanol–water partition coefficient (Wildman–Crippen LogP) is 5.08. The molecule has 150 valence electrons. The average Bonchev–Trinajstić information content (AvgIpc) is 3.40. The second-order valence-corrected chi connectivity index (χ2v) is 8.00. The molecule has 1 heterocycles. The second-order valence-electron chi connectivity index (χ2n) is 7.22. The highest BCUT2D eigenvalue weighted by molar-refractivity contribution is 6.42. The summed E-state index contributed by atoms with van der Waals surface area (Å²) in [5.74, 6) is 0.301. The highest BCUT2D eigenvalue weighted by Crippen LogP contribution is 2.27. The zero-order valence-electron chi connectivity index (χ0n) is 15.8. The normalized spacial score (nSPS) is 13.6. The van der Waals surface area contributed by atoms with Gasteiger partial charge in [0.2, 0.25) is 5.89 Å². The van der Waals surface area contributed by atoms with Crippen LogP contribution in [0.15, 0.2) is 59.2 Å². The van der Waals surface area contributed by atoms with E-state index in [0.717, 1.165) is 24.0 Å². The lowest BCUT2D eigenvalue weighted by molar-refractivity contribution is 0.0946. The molecule has 0 spiro atoms. The lowest BCUT2D eigenvalue weighted by Crippen LogP contribution is -2.26. The molecule has 29 heavy (non-hydrogen) atoms. The van der Waals surface area contributed by atoms with Gasteiger partial charge < -0.3 is 9.73 Å². The minimum absolute atomic E-state index is 0.185. The summed E-state index contributed by atoms with van der Waals surface area (Å²) in [4.78, 5) is 18.7. The number of benzene rings is 2. The van der Waals surface area contributed by atoms with E-state index in [1.54, 1.807) is 6.07 Å².